The highest BCUT2D eigenvalue weighted by Crippen LogP contribution is 2.28. The van der Waals surface area contributed by atoms with Crippen LogP contribution in [-0.2, 0) is 19.4 Å². The van der Waals surface area contributed by atoms with Gasteiger partial charge in [0.05, 0.1) is 13.2 Å². The molecule has 0 radical (unpaired) electrons. The Morgan fingerprint density at radius 1 is 1.05 bits per heavy atom. The van der Waals surface area contributed by atoms with Gasteiger partial charge in [-0.2, -0.15) is 0 Å². The van der Waals surface area contributed by atoms with E-state index in [1.807, 2.05) is 6.07 Å². The van der Waals surface area contributed by atoms with Gasteiger partial charge < -0.3 is 15.2 Å². The van der Waals surface area contributed by atoms with Crippen molar-refractivity contribution >= 4 is 0 Å². The SMILES string of the molecule is OCCNCc1ccc(C[C@H]2COc3ccccc3C2)cc1. The number of benzene rings is 2. The maximum absolute atomic E-state index is 8.77. The molecule has 3 heteroatoms. The van der Waals surface area contributed by atoms with Gasteiger partial charge in [-0.15, -0.1) is 0 Å². The van der Waals surface area contributed by atoms with Crippen LogP contribution in [-0.4, -0.2) is 24.9 Å². The molecule has 3 rings (SSSR count). The largest absolute Gasteiger partial charge is 0.493 e. The normalized spacial score (nSPS) is 16.9. The predicted octanol–water partition coefficient (Wildman–Crippen LogP) is 2.56. The van der Waals surface area contributed by atoms with Crippen LogP contribution in [0, 0.1) is 5.92 Å². The number of hydrogen-bond acceptors (Lipinski definition) is 3. The summed E-state index contributed by atoms with van der Waals surface area (Å²) >= 11 is 0. The van der Waals surface area contributed by atoms with Crippen LogP contribution < -0.4 is 10.1 Å². The van der Waals surface area contributed by atoms with Gasteiger partial charge in [0.2, 0.25) is 0 Å². The van der Waals surface area contributed by atoms with Gasteiger partial charge >= 0.3 is 0 Å². The van der Waals surface area contributed by atoms with E-state index < -0.39 is 0 Å². The lowest BCUT2D eigenvalue weighted by Gasteiger charge is -2.25. The van der Waals surface area contributed by atoms with E-state index in [0.29, 0.717) is 12.5 Å². The number of ether oxygens (including phenoxy) is 1. The van der Waals surface area contributed by atoms with Crippen molar-refractivity contribution in [3.8, 4) is 5.75 Å². The van der Waals surface area contributed by atoms with Gasteiger partial charge in [-0.25, -0.2) is 0 Å². The smallest absolute Gasteiger partial charge is 0.122 e. The number of aliphatic hydroxyl groups is 1. The first kappa shape index (κ1) is 15.1. The zero-order valence-electron chi connectivity index (χ0n) is 12.8. The third-order valence-electron chi connectivity index (χ3n) is 4.12. The van der Waals surface area contributed by atoms with Gasteiger partial charge in [-0.3, -0.25) is 0 Å². The van der Waals surface area contributed by atoms with Crippen LogP contribution in [0.15, 0.2) is 48.5 Å². The van der Waals surface area contributed by atoms with Crippen molar-refractivity contribution < 1.29 is 9.84 Å². The van der Waals surface area contributed by atoms with E-state index in [-0.39, 0.29) is 6.61 Å². The van der Waals surface area contributed by atoms with Crippen LogP contribution in [0.3, 0.4) is 0 Å². The Bertz CT molecular complexity index is 595. The van der Waals surface area contributed by atoms with Crippen molar-refractivity contribution in [1.29, 1.82) is 0 Å². The summed E-state index contributed by atoms with van der Waals surface area (Å²) < 4.78 is 5.86. The number of nitrogens with one attached hydrogen (secondary N) is 1. The third kappa shape index (κ3) is 3.87. The molecule has 0 bridgehead atoms. The fraction of sp³-hybridized carbons (Fsp3) is 0.368. The maximum atomic E-state index is 8.77. The van der Waals surface area contributed by atoms with Gasteiger partial charge in [0.1, 0.15) is 5.75 Å². The molecule has 2 aromatic carbocycles. The molecule has 0 unspecified atom stereocenters. The molecule has 0 aromatic heterocycles. The molecule has 0 aliphatic carbocycles. The fourth-order valence-electron chi connectivity index (χ4n) is 2.96. The first-order valence-electron chi connectivity index (χ1n) is 7.95. The quantitative estimate of drug-likeness (QED) is 0.805. The van der Waals surface area contributed by atoms with Gasteiger partial charge in [0, 0.05) is 19.0 Å². The van der Waals surface area contributed by atoms with E-state index >= 15 is 0 Å². The van der Waals surface area contributed by atoms with Crippen LogP contribution >= 0.6 is 0 Å². The molecule has 1 heterocycles. The highest BCUT2D eigenvalue weighted by molar-refractivity contribution is 5.35. The molecular weight excluding hydrogens is 274 g/mol. The second-order valence-electron chi connectivity index (χ2n) is 5.91. The van der Waals surface area contributed by atoms with Crippen LogP contribution in [0.4, 0.5) is 0 Å². The minimum absolute atomic E-state index is 0.182. The summed E-state index contributed by atoms with van der Waals surface area (Å²) in [7, 11) is 0. The summed E-state index contributed by atoms with van der Waals surface area (Å²) in [4.78, 5) is 0. The molecule has 2 aromatic rings. The first-order chi connectivity index (χ1) is 10.8. The van der Waals surface area contributed by atoms with Crippen LogP contribution in [0.1, 0.15) is 16.7 Å². The van der Waals surface area contributed by atoms with Crippen LogP contribution in [0.5, 0.6) is 5.75 Å². The van der Waals surface area contributed by atoms with Crippen molar-refractivity contribution in [3.63, 3.8) is 0 Å². The van der Waals surface area contributed by atoms with E-state index in [0.717, 1.165) is 31.7 Å². The van der Waals surface area contributed by atoms with Gasteiger partial charge in [0.15, 0.2) is 0 Å². The lowest BCUT2D eigenvalue weighted by Crippen LogP contribution is -2.22. The van der Waals surface area contributed by atoms with E-state index in [2.05, 4.69) is 47.8 Å². The number of rotatable bonds is 6. The molecular formula is C19H23NO2. The molecule has 2 N–H and O–H groups in total. The molecule has 0 saturated carbocycles. The third-order valence-corrected chi connectivity index (χ3v) is 4.12. The summed E-state index contributed by atoms with van der Waals surface area (Å²) in [5, 5.41) is 12.0. The zero-order chi connectivity index (χ0) is 15.2. The molecule has 0 saturated heterocycles. The second-order valence-corrected chi connectivity index (χ2v) is 5.91. The van der Waals surface area contributed by atoms with Crippen molar-refractivity contribution in [1.82, 2.24) is 5.32 Å². The Morgan fingerprint density at radius 2 is 1.82 bits per heavy atom. The number of aliphatic hydroxyl groups excluding tert-OH is 1. The molecule has 0 spiro atoms. The van der Waals surface area contributed by atoms with Crippen molar-refractivity contribution in [2.24, 2.45) is 5.92 Å². The van der Waals surface area contributed by atoms with Gasteiger partial charge in [0.25, 0.3) is 0 Å². The van der Waals surface area contributed by atoms with Gasteiger partial charge in [-0.1, -0.05) is 42.5 Å². The lowest BCUT2D eigenvalue weighted by atomic mass is 9.91. The van der Waals surface area contributed by atoms with E-state index in [4.69, 9.17) is 9.84 Å². The van der Waals surface area contributed by atoms with Crippen molar-refractivity contribution in [2.45, 2.75) is 19.4 Å². The highest BCUT2D eigenvalue weighted by atomic mass is 16.5. The molecule has 1 atom stereocenters. The summed E-state index contributed by atoms with van der Waals surface area (Å²) in [5.41, 5.74) is 3.94. The molecule has 1 aliphatic rings. The van der Waals surface area contributed by atoms with Crippen LogP contribution in [0.2, 0.25) is 0 Å². The predicted molar refractivity (Wildman–Crippen MR) is 88.1 cm³/mol. The second kappa shape index (κ2) is 7.43. The molecule has 0 amide bonds. The number of fused-ring (bicyclic) bond motifs is 1. The lowest BCUT2D eigenvalue weighted by molar-refractivity contribution is 0.221. The highest BCUT2D eigenvalue weighted by Gasteiger charge is 2.19. The standard InChI is InChI=1S/C19H23NO2/c21-10-9-20-13-16-7-5-15(6-8-16)11-17-12-18-3-1-2-4-19(18)22-14-17/h1-8,17,20-21H,9-14H2/t17-/m1/s1. The number of para-hydroxylation sites is 1. The van der Waals surface area contributed by atoms with Gasteiger partial charge in [-0.05, 0) is 35.6 Å². The topological polar surface area (TPSA) is 41.5 Å². The molecule has 1 aliphatic heterocycles. The zero-order valence-corrected chi connectivity index (χ0v) is 12.8. The average Bonchev–Trinajstić information content (AvgIpc) is 2.57. The Morgan fingerprint density at radius 3 is 2.64 bits per heavy atom. The van der Waals surface area contributed by atoms with E-state index in [9.17, 15) is 0 Å². The number of hydrogen-bond donors (Lipinski definition) is 2. The minimum Gasteiger partial charge on any atom is -0.493 e. The molecule has 116 valence electrons. The summed E-state index contributed by atoms with van der Waals surface area (Å²) in [6.45, 7) is 2.43. The summed E-state index contributed by atoms with van der Waals surface area (Å²) in [6.07, 6.45) is 2.15. The maximum Gasteiger partial charge on any atom is 0.122 e. The minimum atomic E-state index is 0.182. The molecule has 22 heavy (non-hydrogen) atoms. The van der Waals surface area contributed by atoms with E-state index in [1.54, 1.807) is 0 Å². The monoisotopic (exact) mass is 297 g/mol. The Hall–Kier alpha value is -1.84. The Balaban J connectivity index is 1.55. The van der Waals surface area contributed by atoms with Crippen LogP contribution in [0.25, 0.3) is 0 Å². The van der Waals surface area contributed by atoms with E-state index in [1.165, 1.54) is 16.7 Å². The van der Waals surface area contributed by atoms with Crippen molar-refractivity contribution in [3.05, 3.63) is 65.2 Å². The Labute approximate surface area is 131 Å². The molecule has 0 fully saturated rings. The average molecular weight is 297 g/mol. The van der Waals surface area contributed by atoms with Crippen molar-refractivity contribution in [2.75, 3.05) is 19.8 Å². The fourth-order valence-corrected chi connectivity index (χ4v) is 2.96. The Kier molecular flexibility index (Phi) is 5.09. The summed E-state index contributed by atoms with van der Waals surface area (Å²) in [6, 6.07) is 17.1. The summed E-state index contributed by atoms with van der Waals surface area (Å²) in [5.74, 6) is 1.59. The first-order valence-corrected chi connectivity index (χ1v) is 7.95. The molecule has 3 nitrogen and oxygen atoms in total.